The number of carboxylic acids is 1. The molecule has 0 spiro atoms. The lowest BCUT2D eigenvalue weighted by Crippen LogP contribution is -2.36. The Morgan fingerprint density at radius 3 is 2.38 bits per heavy atom. The summed E-state index contributed by atoms with van der Waals surface area (Å²) in [5, 5.41) is 12.7. The zero-order valence-corrected chi connectivity index (χ0v) is 13.4. The lowest BCUT2D eigenvalue weighted by Gasteiger charge is -2.21. The minimum absolute atomic E-state index is 0.0368. The van der Waals surface area contributed by atoms with Crippen LogP contribution in [0.25, 0.3) is 0 Å². The predicted octanol–water partition coefficient (Wildman–Crippen LogP) is 1.35. The van der Waals surface area contributed by atoms with Gasteiger partial charge in [-0.15, -0.1) is 0 Å². The van der Waals surface area contributed by atoms with Gasteiger partial charge >= 0.3 is 5.97 Å². The maximum absolute atomic E-state index is 12.4. The van der Waals surface area contributed by atoms with E-state index in [4.69, 9.17) is 14.6 Å². The van der Waals surface area contributed by atoms with Crippen LogP contribution < -0.4 is 9.47 Å². The molecule has 0 unspecified atom stereocenters. The number of carboxylic acid groups (broad SMARTS) is 1. The van der Waals surface area contributed by atoms with Crippen LogP contribution in [0, 0.1) is 0 Å². The van der Waals surface area contributed by atoms with Crippen LogP contribution >= 0.6 is 0 Å². The molecule has 24 heavy (non-hydrogen) atoms. The van der Waals surface area contributed by atoms with Crippen molar-refractivity contribution in [2.75, 3.05) is 20.8 Å². The number of aliphatic carboxylic acids is 1. The van der Waals surface area contributed by atoms with Crippen molar-refractivity contribution in [2.24, 2.45) is 0 Å². The summed E-state index contributed by atoms with van der Waals surface area (Å²) in [4.78, 5) is 24.7. The first-order chi connectivity index (χ1) is 11.5. The van der Waals surface area contributed by atoms with Gasteiger partial charge in [-0.25, -0.2) is 0 Å². The molecule has 1 aromatic carbocycles. The Kier molecular flexibility index (Phi) is 5.78. The number of rotatable bonds is 8. The van der Waals surface area contributed by atoms with Crippen LogP contribution in [0.3, 0.4) is 0 Å². The number of ether oxygens (including phenoxy) is 2. The van der Waals surface area contributed by atoms with Crippen LogP contribution in [-0.2, 0) is 22.6 Å². The average molecular weight is 334 g/mol. The minimum atomic E-state index is -1.10. The van der Waals surface area contributed by atoms with Gasteiger partial charge < -0.3 is 24.0 Å². The summed E-state index contributed by atoms with van der Waals surface area (Å²) in [7, 11) is 3.03. The van der Waals surface area contributed by atoms with Crippen molar-refractivity contribution < 1.29 is 28.7 Å². The Morgan fingerprint density at radius 2 is 1.88 bits per heavy atom. The quantitative estimate of drug-likeness (QED) is 0.777. The van der Waals surface area contributed by atoms with Crippen LogP contribution in [0.5, 0.6) is 11.5 Å². The zero-order valence-electron chi connectivity index (χ0n) is 13.4. The molecule has 1 aromatic heterocycles. The predicted molar refractivity (Wildman–Crippen MR) is 82.8 cm³/mol. The molecule has 0 aliphatic carbocycles. The molecule has 0 saturated heterocycles. The van der Waals surface area contributed by atoms with Gasteiger partial charge in [0, 0.05) is 18.7 Å². The molecule has 1 amide bonds. The number of carbonyl (C=O) groups is 2. The van der Waals surface area contributed by atoms with E-state index in [1.54, 1.807) is 24.3 Å². The van der Waals surface area contributed by atoms with Gasteiger partial charge in [0.2, 0.25) is 5.91 Å². The van der Waals surface area contributed by atoms with E-state index in [0.29, 0.717) is 22.8 Å². The van der Waals surface area contributed by atoms with Gasteiger partial charge in [0.1, 0.15) is 24.3 Å². The number of benzene rings is 1. The van der Waals surface area contributed by atoms with Crippen molar-refractivity contribution >= 4 is 11.9 Å². The topological polar surface area (TPSA) is 102 Å². The van der Waals surface area contributed by atoms with E-state index < -0.39 is 12.5 Å². The normalized spacial score (nSPS) is 10.2. The number of amides is 1. The molecular formula is C16H18N2O6. The van der Waals surface area contributed by atoms with Crippen LogP contribution in [0.4, 0.5) is 0 Å². The summed E-state index contributed by atoms with van der Waals surface area (Å²) in [5.74, 6) is -0.349. The highest BCUT2D eigenvalue weighted by atomic mass is 16.5. The third kappa shape index (κ3) is 4.73. The second-order valence-corrected chi connectivity index (χ2v) is 5.03. The Hall–Kier alpha value is -3.03. The maximum Gasteiger partial charge on any atom is 0.323 e. The van der Waals surface area contributed by atoms with Gasteiger partial charge in [0.05, 0.1) is 26.3 Å². The van der Waals surface area contributed by atoms with Crippen molar-refractivity contribution in [1.29, 1.82) is 0 Å². The van der Waals surface area contributed by atoms with Gasteiger partial charge in [-0.1, -0.05) is 5.16 Å². The monoisotopic (exact) mass is 334 g/mol. The van der Waals surface area contributed by atoms with Crippen molar-refractivity contribution in [3.05, 3.63) is 41.8 Å². The standard InChI is InChI=1S/C16H18N2O6/c1-22-13-5-11(6-14(8-13)23-2)9-18(10-16(20)21)15(19)7-12-3-4-24-17-12/h3-6,8H,7,9-10H2,1-2H3,(H,20,21). The molecule has 0 saturated carbocycles. The second-order valence-electron chi connectivity index (χ2n) is 5.03. The molecule has 0 radical (unpaired) electrons. The van der Waals surface area contributed by atoms with Gasteiger partial charge in [-0.2, -0.15) is 0 Å². The highest BCUT2D eigenvalue weighted by Crippen LogP contribution is 2.23. The van der Waals surface area contributed by atoms with Crippen LogP contribution in [0.1, 0.15) is 11.3 Å². The third-order valence-corrected chi connectivity index (χ3v) is 3.29. The van der Waals surface area contributed by atoms with E-state index in [2.05, 4.69) is 9.68 Å². The van der Waals surface area contributed by atoms with Gasteiger partial charge in [0.25, 0.3) is 0 Å². The second kappa shape index (κ2) is 8.00. The fraction of sp³-hybridized carbons (Fsp3) is 0.312. The van der Waals surface area contributed by atoms with Gasteiger partial charge in [0.15, 0.2) is 0 Å². The molecule has 2 rings (SSSR count). The van der Waals surface area contributed by atoms with Crippen LogP contribution in [0.15, 0.2) is 35.1 Å². The maximum atomic E-state index is 12.4. The summed E-state index contributed by atoms with van der Waals surface area (Å²) in [6, 6.07) is 6.70. The lowest BCUT2D eigenvalue weighted by atomic mass is 10.1. The average Bonchev–Trinajstić information content (AvgIpc) is 3.06. The number of carbonyl (C=O) groups excluding carboxylic acids is 1. The molecule has 0 fully saturated rings. The molecular weight excluding hydrogens is 316 g/mol. The van der Waals surface area contributed by atoms with E-state index in [1.165, 1.54) is 25.4 Å². The van der Waals surface area contributed by atoms with Crippen molar-refractivity contribution in [3.8, 4) is 11.5 Å². The molecule has 128 valence electrons. The lowest BCUT2D eigenvalue weighted by molar-refractivity contribution is -0.144. The Morgan fingerprint density at radius 1 is 1.21 bits per heavy atom. The highest BCUT2D eigenvalue weighted by molar-refractivity contribution is 5.82. The first kappa shape index (κ1) is 17.3. The van der Waals surface area contributed by atoms with Crippen molar-refractivity contribution in [3.63, 3.8) is 0 Å². The number of aromatic nitrogens is 1. The van der Waals surface area contributed by atoms with Crippen LogP contribution in [0.2, 0.25) is 0 Å². The largest absolute Gasteiger partial charge is 0.497 e. The molecule has 8 heteroatoms. The summed E-state index contributed by atoms with van der Waals surface area (Å²) < 4.78 is 15.1. The highest BCUT2D eigenvalue weighted by Gasteiger charge is 2.19. The first-order valence-corrected chi connectivity index (χ1v) is 7.12. The Labute approximate surface area is 138 Å². The number of hydrogen-bond acceptors (Lipinski definition) is 6. The fourth-order valence-corrected chi connectivity index (χ4v) is 2.17. The number of nitrogens with zero attached hydrogens (tertiary/aromatic N) is 2. The molecule has 0 aliphatic heterocycles. The number of hydrogen-bond donors (Lipinski definition) is 1. The van der Waals surface area contributed by atoms with Gasteiger partial charge in [-0.3, -0.25) is 9.59 Å². The van der Waals surface area contributed by atoms with Crippen molar-refractivity contribution in [1.82, 2.24) is 10.1 Å². The molecule has 8 nitrogen and oxygen atoms in total. The number of methoxy groups -OCH3 is 2. The summed E-state index contributed by atoms with van der Waals surface area (Å²) in [5.41, 5.74) is 1.14. The summed E-state index contributed by atoms with van der Waals surface area (Å²) in [6.45, 7) is -0.313. The van der Waals surface area contributed by atoms with Crippen LogP contribution in [-0.4, -0.2) is 47.8 Å². The van der Waals surface area contributed by atoms with Gasteiger partial charge in [-0.05, 0) is 17.7 Å². The van der Waals surface area contributed by atoms with E-state index in [0.717, 1.165) is 0 Å². The summed E-state index contributed by atoms with van der Waals surface area (Å²) >= 11 is 0. The molecule has 0 bridgehead atoms. The zero-order chi connectivity index (χ0) is 17.5. The smallest absolute Gasteiger partial charge is 0.323 e. The fourth-order valence-electron chi connectivity index (χ4n) is 2.17. The molecule has 0 aliphatic rings. The molecule has 2 aromatic rings. The molecule has 1 N–H and O–H groups in total. The first-order valence-electron chi connectivity index (χ1n) is 7.12. The third-order valence-electron chi connectivity index (χ3n) is 3.29. The van der Waals surface area contributed by atoms with E-state index in [1.807, 2.05) is 0 Å². The molecule has 0 atom stereocenters. The van der Waals surface area contributed by atoms with E-state index in [-0.39, 0.29) is 18.9 Å². The Balaban J connectivity index is 2.18. The van der Waals surface area contributed by atoms with E-state index in [9.17, 15) is 9.59 Å². The SMILES string of the molecule is COc1cc(CN(CC(=O)O)C(=O)Cc2ccon2)cc(OC)c1. The summed E-state index contributed by atoms with van der Waals surface area (Å²) in [6.07, 6.45) is 1.32. The van der Waals surface area contributed by atoms with E-state index >= 15 is 0 Å². The Bertz CT molecular complexity index is 676. The minimum Gasteiger partial charge on any atom is -0.497 e. The molecule has 1 heterocycles. The van der Waals surface area contributed by atoms with Crippen molar-refractivity contribution in [2.45, 2.75) is 13.0 Å².